The van der Waals surface area contributed by atoms with Crippen LogP contribution in [-0.2, 0) is 17.9 Å². The number of aryl methyl sites for hydroxylation is 1. The Bertz CT molecular complexity index is 1200. The molecule has 11 heteroatoms. The minimum Gasteiger partial charge on any atom is -0.489 e. The van der Waals surface area contributed by atoms with Gasteiger partial charge in [-0.15, -0.1) is 10.2 Å². The highest BCUT2D eigenvalue weighted by Gasteiger charge is 2.26. The van der Waals surface area contributed by atoms with E-state index in [1.54, 1.807) is 24.0 Å². The fourth-order valence-electron chi connectivity index (χ4n) is 4.15. The van der Waals surface area contributed by atoms with Crippen molar-refractivity contribution in [3.63, 3.8) is 0 Å². The number of amides is 1. The van der Waals surface area contributed by atoms with E-state index in [1.807, 2.05) is 35.2 Å². The molecule has 1 fully saturated rings. The number of rotatable bonds is 9. The van der Waals surface area contributed by atoms with Crippen LogP contribution in [-0.4, -0.2) is 79.9 Å². The number of pyridine rings is 1. The second-order valence-corrected chi connectivity index (χ2v) is 9.93. The molecule has 0 saturated carbocycles. The van der Waals surface area contributed by atoms with Gasteiger partial charge in [-0.3, -0.25) is 14.7 Å². The van der Waals surface area contributed by atoms with Crippen molar-refractivity contribution in [3.8, 4) is 5.75 Å². The molecule has 1 atom stereocenters. The molecule has 1 aromatic carbocycles. The zero-order valence-electron chi connectivity index (χ0n) is 20.3. The van der Waals surface area contributed by atoms with E-state index in [1.165, 1.54) is 0 Å². The lowest BCUT2D eigenvalue weighted by Gasteiger charge is -2.39. The van der Waals surface area contributed by atoms with E-state index in [0.717, 1.165) is 33.5 Å². The van der Waals surface area contributed by atoms with Crippen molar-refractivity contribution in [3.05, 3.63) is 68.8 Å². The third-order valence-corrected chi connectivity index (χ3v) is 6.57. The summed E-state index contributed by atoms with van der Waals surface area (Å²) in [5, 5.41) is 12.3. The van der Waals surface area contributed by atoms with Crippen LogP contribution in [0.5, 0.6) is 5.75 Å². The van der Waals surface area contributed by atoms with Gasteiger partial charge in [-0.25, -0.2) is 4.39 Å². The predicted octanol–water partition coefficient (Wildman–Crippen LogP) is 3.12. The average Bonchev–Trinajstić information content (AvgIpc) is 3.27. The monoisotopic (exact) mass is 605 g/mol. The van der Waals surface area contributed by atoms with Crippen LogP contribution in [0.1, 0.15) is 29.6 Å². The SMILES string of the molecule is Cc1nnn(Cc2cc(I)ccc2C=CC(=O)N2CCN(Cc3ccc(OCCF)cn3)CC2C)n1. The number of ether oxygens (including phenoxy) is 1. The van der Waals surface area contributed by atoms with Crippen molar-refractivity contribution in [2.24, 2.45) is 0 Å². The van der Waals surface area contributed by atoms with Gasteiger partial charge in [0.15, 0.2) is 5.82 Å². The van der Waals surface area contributed by atoms with Crippen LogP contribution in [0.4, 0.5) is 4.39 Å². The second kappa shape index (κ2) is 12.3. The fourth-order valence-corrected chi connectivity index (χ4v) is 4.71. The molecule has 0 spiro atoms. The van der Waals surface area contributed by atoms with Crippen LogP contribution in [0.25, 0.3) is 6.08 Å². The molecule has 190 valence electrons. The maximum Gasteiger partial charge on any atom is 0.246 e. The second-order valence-electron chi connectivity index (χ2n) is 8.68. The van der Waals surface area contributed by atoms with Crippen LogP contribution < -0.4 is 4.74 Å². The number of aromatic nitrogens is 5. The first-order chi connectivity index (χ1) is 17.4. The van der Waals surface area contributed by atoms with Crippen molar-refractivity contribution >= 4 is 34.6 Å². The average molecular weight is 605 g/mol. The summed E-state index contributed by atoms with van der Waals surface area (Å²) >= 11 is 2.27. The summed E-state index contributed by atoms with van der Waals surface area (Å²) in [4.78, 5) is 23.2. The third kappa shape index (κ3) is 7.06. The van der Waals surface area contributed by atoms with E-state index in [4.69, 9.17) is 4.74 Å². The Hall–Kier alpha value is -2.93. The van der Waals surface area contributed by atoms with Gasteiger partial charge in [0.2, 0.25) is 5.91 Å². The Morgan fingerprint density at radius 1 is 1.25 bits per heavy atom. The molecular weight excluding hydrogens is 576 g/mol. The maximum absolute atomic E-state index is 13.0. The number of nitrogens with zero attached hydrogens (tertiary/aromatic N) is 7. The topological polar surface area (TPSA) is 89.3 Å². The molecule has 9 nitrogen and oxygen atoms in total. The van der Waals surface area contributed by atoms with Crippen LogP contribution in [0.15, 0.2) is 42.6 Å². The van der Waals surface area contributed by atoms with Crippen LogP contribution >= 0.6 is 22.6 Å². The quantitative estimate of drug-likeness (QED) is 0.274. The van der Waals surface area contributed by atoms with Crippen LogP contribution in [0, 0.1) is 10.5 Å². The number of halogens is 2. The summed E-state index contributed by atoms with van der Waals surface area (Å²) < 4.78 is 18.6. The zero-order chi connectivity index (χ0) is 25.5. The minimum atomic E-state index is -0.524. The van der Waals surface area contributed by atoms with E-state index < -0.39 is 6.67 Å². The normalized spacial score (nSPS) is 16.6. The highest BCUT2D eigenvalue weighted by atomic mass is 127. The number of benzene rings is 1. The van der Waals surface area contributed by atoms with Crippen molar-refractivity contribution in [1.82, 2.24) is 35.0 Å². The molecule has 0 radical (unpaired) electrons. The number of hydrogen-bond donors (Lipinski definition) is 0. The summed E-state index contributed by atoms with van der Waals surface area (Å²) in [5.74, 6) is 1.18. The standard InChI is InChI=1S/C25H29FIN7O2/c1-18-15-32(17-23-6-7-24(14-28-23)36-12-9-26)10-11-33(18)25(35)8-4-20-3-5-22(27)13-21(20)16-34-30-19(2)29-31-34/h3-8,13-14,18H,9-12,15-17H2,1-2H3. The highest BCUT2D eigenvalue weighted by Crippen LogP contribution is 2.18. The first-order valence-corrected chi connectivity index (χ1v) is 12.9. The molecule has 1 aliphatic rings. The largest absolute Gasteiger partial charge is 0.489 e. The molecule has 3 heterocycles. The number of piperazine rings is 1. The third-order valence-electron chi connectivity index (χ3n) is 5.90. The van der Waals surface area contributed by atoms with Crippen LogP contribution in [0.3, 0.4) is 0 Å². The Balaban J connectivity index is 1.34. The van der Waals surface area contributed by atoms with E-state index in [-0.39, 0.29) is 18.6 Å². The Labute approximate surface area is 223 Å². The molecule has 1 amide bonds. The van der Waals surface area contributed by atoms with Crippen molar-refractivity contribution in [2.75, 3.05) is 32.9 Å². The van der Waals surface area contributed by atoms with E-state index in [2.05, 4.69) is 60.9 Å². The Morgan fingerprint density at radius 2 is 2.11 bits per heavy atom. The summed E-state index contributed by atoms with van der Waals surface area (Å²) in [6.45, 7) is 6.71. The first kappa shape index (κ1) is 26.1. The molecule has 36 heavy (non-hydrogen) atoms. The number of carbonyl (C=O) groups excluding carboxylic acids is 1. The lowest BCUT2D eigenvalue weighted by atomic mass is 10.1. The van der Waals surface area contributed by atoms with E-state index >= 15 is 0 Å². The van der Waals surface area contributed by atoms with Gasteiger partial charge in [-0.2, -0.15) is 4.80 Å². The van der Waals surface area contributed by atoms with Crippen LogP contribution in [0.2, 0.25) is 0 Å². The molecule has 0 N–H and O–H groups in total. The van der Waals surface area contributed by atoms with Gasteiger partial charge in [0, 0.05) is 41.9 Å². The smallest absolute Gasteiger partial charge is 0.246 e. The molecule has 2 aromatic heterocycles. The lowest BCUT2D eigenvalue weighted by Crippen LogP contribution is -2.53. The molecule has 4 rings (SSSR count). The minimum absolute atomic E-state index is 0.00568. The van der Waals surface area contributed by atoms with Gasteiger partial charge in [0.05, 0.1) is 18.4 Å². The van der Waals surface area contributed by atoms with Gasteiger partial charge >= 0.3 is 0 Å². The van der Waals surface area contributed by atoms with E-state index in [0.29, 0.717) is 31.2 Å². The molecule has 1 aliphatic heterocycles. The number of tetrazole rings is 1. The van der Waals surface area contributed by atoms with Gasteiger partial charge in [0.1, 0.15) is 19.0 Å². The summed E-state index contributed by atoms with van der Waals surface area (Å²) in [5.41, 5.74) is 2.89. The van der Waals surface area contributed by atoms with Crippen molar-refractivity contribution in [1.29, 1.82) is 0 Å². The lowest BCUT2D eigenvalue weighted by molar-refractivity contribution is -0.130. The summed E-state index contributed by atoms with van der Waals surface area (Å²) in [6.07, 6.45) is 5.14. The van der Waals surface area contributed by atoms with Gasteiger partial charge in [-0.05, 0) is 83.1 Å². The Kier molecular flexibility index (Phi) is 8.97. The van der Waals surface area contributed by atoms with Gasteiger partial charge in [0.25, 0.3) is 0 Å². The Morgan fingerprint density at radius 3 is 2.81 bits per heavy atom. The predicted molar refractivity (Wildman–Crippen MR) is 142 cm³/mol. The molecular formula is C25H29FIN7O2. The maximum atomic E-state index is 13.0. The van der Waals surface area contributed by atoms with Gasteiger partial charge < -0.3 is 9.64 Å². The zero-order valence-corrected chi connectivity index (χ0v) is 22.5. The molecule has 0 bridgehead atoms. The van der Waals surface area contributed by atoms with Gasteiger partial charge in [-0.1, -0.05) is 6.07 Å². The molecule has 1 unspecified atom stereocenters. The highest BCUT2D eigenvalue weighted by molar-refractivity contribution is 14.1. The summed E-state index contributed by atoms with van der Waals surface area (Å²) in [7, 11) is 0. The molecule has 1 saturated heterocycles. The van der Waals surface area contributed by atoms with Crippen molar-refractivity contribution in [2.45, 2.75) is 33.0 Å². The number of carbonyl (C=O) groups is 1. The summed E-state index contributed by atoms with van der Waals surface area (Å²) in [6, 6.07) is 9.87. The fraction of sp³-hybridized carbons (Fsp3) is 0.400. The molecule has 0 aliphatic carbocycles. The number of hydrogen-bond acceptors (Lipinski definition) is 7. The van der Waals surface area contributed by atoms with Crippen molar-refractivity contribution < 1.29 is 13.9 Å². The molecule has 3 aromatic rings. The number of alkyl halides is 1. The van der Waals surface area contributed by atoms with E-state index in [9.17, 15) is 9.18 Å². The first-order valence-electron chi connectivity index (χ1n) is 11.8.